The molecule has 3 heterocycles. The minimum absolute atomic E-state index is 0.258. The molecule has 1 amide bonds. The van der Waals surface area contributed by atoms with Crippen LogP contribution in [-0.2, 0) is 4.79 Å². The van der Waals surface area contributed by atoms with Gasteiger partial charge in [-0.15, -0.1) is 5.10 Å². The van der Waals surface area contributed by atoms with Gasteiger partial charge in [0.1, 0.15) is 11.8 Å². The fourth-order valence-corrected chi connectivity index (χ4v) is 4.56. The van der Waals surface area contributed by atoms with Crippen LogP contribution in [0.15, 0.2) is 58.9 Å². The third-order valence-electron chi connectivity index (χ3n) is 5.78. The molecule has 5 rings (SSSR count). The number of nitrogens with one attached hydrogen (secondary N) is 2. The fraction of sp³-hybridized carbons (Fsp3) is 0.320. The molecule has 9 nitrogen and oxygen atoms in total. The Labute approximate surface area is 207 Å². The van der Waals surface area contributed by atoms with Crippen molar-refractivity contribution in [3.8, 4) is 17.2 Å². The van der Waals surface area contributed by atoms with Crippen LogP contribution < -0.4 is 24.8 Å². The van der Waals surface area contributed by atoms with E-state index in [2.05, 4.69) is 20.7 Å². The number of hydrogen-bond donors (Lipinski definition) is 2. The lowest BCUT2D eigenvalue weighted by Crippen LogP contribution is -2.31. The molecule has 0 aliphatic carbocycles. The minimum atomic E-state index is -0.518. The van der Waals surface area contributed by atoms with Gasteiger partial charge in [0.15, 0.2) is 11.5 Å². The van der Waals surface area contributed by atoms with Crippen molar-refractivity contribution in [2.45, 2.75) is 31.5 Å². The molecular weight excluding hydrogens is 466 g/mol. The lowest BCUT2D eigenvalue weighted by Gasteiger charge is -2.29. The summed E-state index contributed by atoms with van der Waals surface area (Å²) in [5, 5.41) is 11.6. The number of benzene rings is 2. The summed E-state index contributed by atoms with van der Waals surface area (Å²) in [6, 6.07) is 12.6. The highest BCUT2D eigenvalue weighted by molar-refractivity contribution is 7.98. The summed E-state index contributed by atoms with van der Waals surface area (Å²) in [6.07, 6.45) is 2.73. The summed E-state index contributed by atoms with van der Waals surface area (Å²) < 4.78 is 19.2. The molecule has 0 fully saturated rings. The second-order valence-corrected chi connectivity index (χ2v) is 8.85. The van der Waals surface area contributed by atoms with E-state index in [0.29, 0.717) is 65.1 Å². The van der Waals surface area contributed by atoms with E-state index < -0.39 is 6.04 Å². The number of carbonyl (C=O) groups is 1. The Morgan fingerprint density at radius 2 is 2.03 bits per heavy atom. The van der Waals surface area contributed by atoms with Gasteiger partial charge in [-0.1, -0.05) is 30.0 Å². The number of hydrogen-bond acceptors (Lipinski definition) is 8. The Morgan fingerprint density at radius 3 is 2.83 bits per heavy atom. The number of carbonyl (C=O) groups excluding carboxylic acids is 1. The lowest BCUT2D eigenvalue weighted by atomic mass is 9.94. The third kappa shape index (κ3) is 4.53. The largest absolute Gasteiger partial charge is 0.492 e. The molecule has 3 aromatic rings. The van der Waals surface area contributed by atoms with E-state index in [0.717, 1.165) is 12.0 Å². The number of allylic oxidation sites excluding steroid dienone is 1. The normalized spacial score (nSPS) is 16.7. The number of para-hydroxylation sites is 2. The summed E-state index contributed by atoms with van der Waals surface area (Å²) in [6.45, 7) is 5.46. The molecule has 2 aliphatic rings. The number of fused-ring (bicyclic) bond motifs is 2. The van der Waals surface area contributed by atoms with Crippen LogP contribution in [0.2, 0.25) is 0 Å². The van der Waals surface area contributed by atoms with Crippen molar-refractivity contribution in [3.05, 3.63) is 59.3 Å². The van der Waals surface area contributed by atoms with Gasteiger partial charge in [0, 0.05) is 12.1 Å². The Bertz CT molecular complexity index is 1290. The van der Waals surface area contributed by atoms with Gasteiger partial charge in [0.05, 0.1) is 31.1 Å². The molecular formula is C25H27N5O4S. The van der Waals surface area contributed by atoms with Crippen molar-refractivity contribution in [2.75, 3.05) is 36.7 Å². The molecule has 2 N–H and O–H groups in total. The zero-order chi connectivity index (χ0) is 24.4. The van der Waals surface area contributed by atoms with Crippen LogP contribution in [0.5, 0.6) is 17.2 Å². The van der Waals surface area contributed by atoms with Crippen LogP contribution in [0.25, 0.3) is 0 Å². The van der Waals surface area contributed by atoms with Crippen molar-refractivity contribution in [1.29, 1.82) is 0 Å². The molecule has 0 bridgehead atoms. The zero-order valence-corrected chi connectivity index (χ0v) is 20.6. The van der Waals surface area contributed by atoms with E-state index >= 15 is 0 Å². The van der Waals surface area contributed by atoms with Gasteiger partial charge in [0.25, 0.3) is 5.91 Å². The summed E-state index contributed by atoms with van der Waals surface area (Å²) in [5.41, 5.74) is 2.67. The number of thioether (sulfide) groups is 1. The molecule has 2 aromatic carbocycles. The Balaban J connectivity index is 1.57. The lowest BCUT2D eigenvalue weighted by molar-refractivity contribution is -0.113. The highest BCUT2D eigenvalue weighted by Gasteiger charge is 2.35. The number of amides is 1. The quantitative estimate of drug-likeness (QED) is 0.485. The SMILES string of the molecule is CCOc1ccccc1NC(=O)C1=C(C)Nc2nc(SC)nn2C1c1ccc2c(c1)OCCCO2. The fourth-order valence-electron chi connectivity index (χ4n) is 4.21. The molecule has 35 heavy (non-hydrogen) atoms. The highest BCUT2D eigenvalue weighted by atomic mass is 32.2. The first-order valence-corrected chi connectivity index (χ1v) is 12.7. The zero-order valence-electron chi connectivity index (χ0n) is 19.8. The number of anilines is 2. The van der Waals surface area contributed by atoms with Gasteiger partial charge in [0.2, 0.25) is 11.1 Å². The van der Waals surface area contributed by atoms with Gasteiger partial charge in [-0.2, -0.15) is 4.98 Å². The average molecular weight is 494 g/mol. The van der Waals surface area contributed by atoms with Crippen LogP contribution in [0, 0.1) is 0 Å². The smallest absolute Gasteiger partial charge is 0.255 e. The predicted molar refractivity (Wildman–Crippen MR) is 135 cm³/mol. The van der Waals surface area contributed by atoms with E-state index in [1.165, 1.54) is 11.8 Å². The van der Waals surface area contributed by atoms with E-state index in [9.17, 15) is 4.79 Å². The number of aromatic nitrogens is 3. The van der Waals surface area contributed by atoms with Crippen molar-refractivity contribution in [1.82, 2.24) is 14.8 Å². The molecule has 0 spiro atoms. The maximum atomic E-state index is 13.8. The molecule has 0 radical (unpaired) electrons. The van der Waals surface area contributed by atoms with E-state index in [4.69, 9.17) is 14.2 Å². The van der Waals surface area contributed by atoms with Crippen molar-refractivity contribution in [2.24, 2.45) is 0 Å². The van der Waals surface area contributed by atoms with Crippen LogP contribution >= 0.6 is 11.8 Å². The number of nitrogens with zero attached hydrogens (tertiary/aromatic N) is 3. The topological polar surface area (TPSA) is 99.5 Å². The average Bonchev–Trinajstić information content (AvgIpc) is 3.12. The standard InChI is InChI=1S/C25H27N5O4S/c1-4-32-18-9-6-5-8-17(18)27-23(31)21-15(2)26-24-28-25(35-3)29-30(24)22(21)16-10-11-19-20(14-16)34-13-7-12-33-19/h5-6,8-11,14,22H,4,7,12-13H2,1-3H3,(H,27,31)(H,26,28,29). The predicted octanol–water partition coefficient (Wildman–Crippen LogP) is 4.49. The molecule has 182 valence electrons. The van der Waals surface area contributed by atoms with Crippen LogP contribution in [0.1, 0.15) is 31.9 Å². The maximum Gasteiger partial charge on any atom is 0.255 e. The molecule has 1 aromatic heterocycles. The van der Waals surface area contributed by atoms with Gasteiger partial charge in [-0.25, -0.2) is 4.68 Å². The van der Waals surface area contributed by atoms with Crippen molar-refractivity contribution in [3.63, 3.8) is 0 Å². The molecule has 0 saturated carbocycles. The maximum absolute atomic E-state index is 13.8. The van der Waals surface area contributed by atoms with E-state index in [-0.39, 0.29) is 5.91 Å². The van der Waals surface area contributed by atoms with E-state index in [1.54, 1.807) is 4.68 Å². The summed E-state index contributed by atoms with van der Waals surface area (Å²) in [7, 11) is 0. The number of rotatable bonds is 6. The molecule has 1 atom stereocenters. The highest BCUT2D eigenvalue weighted by Crippen LogP contribution is 2.40. The first-order valence-electron chi connectivity index (χ1n) is 11.5. The van der Waals surface area contributed by atoms with Gasteiger partial charge >= 0.3 is 0 Å². The van der Waals surface area contributed by atoms with Gasteiger partial charge < -0.3 is 24.8 Å². The number of ether oxygens (including phenoxy) is 3. The Kier molecular flexibility index (Phi) is 6.54. The first kappa shape index (κ1) is 23.1. The van der Waals surface area contributed by atoms with Crippen molar-refractivity contribution >= 4 is 29.3 Å². The summed E-state index contributed by atoms with van der Waals surface area (Å²) >= 11 is 1.44. The van der Waals surface area contributed by atoms with Crippen LogP contribution in [0.4, 0.5) is 11.6 Å². The molecule has 0 saturated heterocycles. The second-order valence-electron chi connectivity index (χ2n) is 8.07. The monoisotopic (exact) mass is 493 g/mol. The van der Waals surface area contributed by atoms with Crippen molar-refractivity contribution < 1.29 is 19.0 Å². The van der Waals surface area contributed by atoms with Gasteiger partial charge in [-0.05, 0) is 49.9 Å². The third-order valence-corrected chi connectivity index (χ3v) is 6.32. The van der Waals surface area contributed by atoms with Crippen LogP contribution in [-0.4, -0.2) is 46.7 Å². The molecule has 1 unspecified atom stereocenters. The molecule has 10 heteroatoms. The summed E-state index contributed by atoms with van der Waals surface area (Å²) in [5.74, 6) is 2.29. The minimum Gasteiger partial charge on any atom is -0.492 e. The second kappa shape index (κ2) is 9.91. The van der Waals surface area contributed by atoms with E-state index in [1.807, 2.05) is 62.6 Å². The Hall–Kier alpha value is -3.66. The molecule has 2 aliphatic heterocycles. The summed E-state index contributed by atoms with van der Waals surface area (Å²) in [4.78, 5) is 18.3. The Morgan fingerprint density at radius 1 is 1.23 bits per heavy atom. The van der Waals surface area contributed by atoms with Gasteiger partial charge in [-0.3, -0.25) is 4.79 Å². The first-order chi connectivity index (χ1) is 17.1. The van der Waals surface area contributed by atoms with Crippen LogP contribution in [0.3, 0.4) is 0 Å².